The van der Waals surface area contributed by atoms with Crippen LogP contribution >= 0.6 is 0 Å². The summed E-state index contributed by atoms with van der Waals surface area (Å²) in [7, 11) is 0. The number of para-hydroxylation sites is 2. The lowest BCUT2D eigenvalue weighted by Crippen LogP contribution is -2.00. The Hall–Kier alpha value is -8.15. The van der Waals surface area contributed by atoms with Crippen molar-refractivity contribution in [2.24, 2.45) is 0 Å². The van der Waals surface area contributed by atoms with E-state index in [2.05, 4.69) is 164 Å². The fourth-order valence-electron chi connectivity index (χ4n) is 9.20. The third-order valence-corrected chi connectivity index (χ3v) is 12.1. The highest BCUT2D eigenvalue weighted by Crippen LogP contribution is 2.42. The van der Waals surface area contributed by atoms with Crippen molar-refractivity contribution < 1.29 is 8.83 Å². The summed E-state index contributed by atoms with van der Waals surface area (Å²) in [6.45, 7) is 0. The van der Waals surface area contributed by atoms with Gasteiger partial charge in [-0.3, -0.25) is 0 Å². The summed E-state index contributed by atoms with van der Waals surface area (Å²) >= 11 is 0. The van der Waals surface area contributed by atoms with Gasteiger partial charge in [-0.15, -0.1) is 0 Å². The normalized spacial score (nSPS) is 12.0. The molecule has 0 radical (unpaired) electrons. The maximum absolute atomic E-state index is 6.77. The predicted octanol–water partition coefficient (Wildman–Crippen LogP) is 15.0. The van der Waals surface area contributed by atoms with Crippen LogP contribution in [0.5, 0.6) is 0 Å². The van der Waals surface area contributed by atoms with E-state index in [0.717, 1.165) is 93.2 Å². The molecular formula is C55H31N3O2. The van der Waals surface area contributed by atoms with E-state index in [1.807, 2.05) is 24.3 Å². The number of hydrogen-bond acceptors (Lipinski definition) is 5. The van der Waals surface area contributed by atoms with E-state index in [1.165, 1.54) is 21.5 Å². The van der Waals surface area contributed by atoms with E-state index in [1.54, 1.807) is 0 Å². The minimum atomic E-state index is 0.574. The third-order valence-electron chi connectivity index (χ3n) is 12.1. The molecule has 0 saturated heterocycles. The third kappa shape index (κ3) is 5.03. The van der Waals surface area contributed by atoms with Crippen LogP contribution in [0.3, 0.4) is 0 Å². The maximum Gasteiger partial charge on any atom is 0.164 e. The van der Waals surface area contributed by atoms with Gasteiger partial charge in [0.25, 0.3) is 0 Å². The number of benzene rings is 10. The molecule has 0 saturated carbocycles. The highest BCUT2D eigenvalue weighted by Gasteiger charge is 2.21. The highest BCUT2D eigenvalue weighted by atomic mass is 16.3. The Morgan fingerprint density at radius 1 is 0.283 bits per heavy atom. The molecule has 0 spiro atoms. The molecule has 0 bridgehead atoms. The summed E-state index contributed by atoms with van der Waals surface area (Å²) in [5.74, 6) is 1.75. The summed E-state index contributed by atoms with van der Waals surface area (Å²) in [6, 6.07) is 65.8. The first-order chi connectivity index (χ1) is 29.7. The summed E-state index contributed by atoms with van der Waals surface area (Å²) in [5.41, 5.74) is 8.13. The first-order valence-electron chi connectivity index (χ1n) is 20.2. The number of furan rings is 2. The van der Waals surface area contributed by atoms with Crippen LogP contribution in [0.15, 0.2) is 197 Å². The van der Waals surface area contributed by atoms with Crippen LogP contribution in [0.4, 0.5) is 0 Å². The van der Waals surface area contributed by atoms with Crippen LogP contribution in [-0.2, 0) is 0 Å². The molecule has 0 aliphatic carbocycles. The van der Waals surface area contributed by atoms with Gasteiger partial charge in [-0.1, -0.05) is 152 Å². The topological polar surface area (TPSA) is 65.0 Å². The molecule has 5 heteroatoms. The van der Waals surface area contributed by atoms with Gasteiger partial charge in [0.1, 0.15) is 22.3 Å². The first kappa shape index (κ1) is 32.9. The fourth-order valence-corrected chi connectivity index (χ4v) is 9.20. The summed E-state index contributed by atoms with van der Waals surface area (Å²) in [5, 5.41) is 13.4. The van der Waals surface area contributed by atoms with Gasteiger partial charge in [0.2, 0.25) is 0 Å². The van der Waals surface area contributed by atoms with Gasteiger partial charge < -0.3 is 8.83 Å². The number of aromatic nitrogens is 3. The van der Waals surface area contributed by atoms with Gasteiger partial charge in [0.05, 0.1) is 0 Å². The zero-order valence-corrected chi connectivity index (χ0v) is 32.1. The van der Waals surface area contributed by atoms with Crippen molar-refractivity contribution in [3.8, 4) is 45.3 Å². The van der Waals surface area contributed by atoms with Crippen LogP contribution in [0.25, 0.3) is 132 Å². The lowest BCUT2D eigenvalue weighted by Gasteiger charge is -2.11. The lowest BCUT2D eigenvalue weighted by atomic mass is 9.98. The Bertz CT molecular complexity index is 3910. The SMILES string of the molecule is c1ccc2cc(-c3cccc4c3oc3cccc(-c5nc(-c6ccc7ccc8ccccc8c7c6)nc(-c6ccc7ccc8oc9ccccc9c8c7c6)n5)c34)ccc2c1. The molecule has 10 aromatic carbocycles. The number of rotatable bonds is 4. The van der Waals surface area contributed by atoms with Crippen molar-refractivity contribution in [3.05, 3.63) is 188 Å². The van der Waals surface area contributed by atoms with E-state index < -0.39 is 0 Å². The van der Waals surface area contributed by atoms with Crippen LogP contribution in [-0.4, -0.2) is 15.0 Å². The summed E-state index contributed by atoms with van der Waals surface area (Å²) in [4.78, 5) is 15.9. The lowest BCUT2D eigenvalue weighted by molar-refractivity contribution is 0.669. The van der Waals surface area contributed by atoms with Crippen LogP contribution in [0.1, 0.15) is 0 Å². The minimum absolute atomic E-state index is 0.574. The van der Waals surface area contributed by atoms with Gasteiger partial charge in [0.15, 0.2) is 17.5 Å². The molecular weight excluding hydrogens is 735 g/mol. The van der Waals surface area contributed by atoms with E-state index in [-0.39, 0.29) is 0 Å². The average molecular weight is 766 g/mol. The van der Waals surface area contributed by atoms with E-state index in [9.17, 15) is 0 Å². The smallest absolute Gasteiger partial charge is 0.164 e. The Balaban J connectivity index is 1.06. The maximum atomic E-state index is 6.77. The van der Waals surface area contributed by atoms with Gasteiger partial charge in [-0.05, 0) is 85.1 Å². The summed E-state index contributed by atoms with van der Waals surface area (Å²) in [6.07, 6.45) is 0. The van der Waals surface area contributed by atoms with Gasteiger partial charge in [-0.25, -0.2) is 15.0 Å². The monoisotopic (exact) mass is 765 g/mol. The number of hydrogen-bond donors (Lipinski definition) is 0. The fraction of sp³-hybridized carbons (Fsp3) is 0. The van der Waals surface area contributed by atoms with Crippen LogP contribution in [0, 0.1) is 0 Å². The standard InChI is InChI=1S/C55H31N3O2/c1-2-11-36-29-37(24-19-32(36)9-1)41-14-7-15-43-51-44(16-8-18-48(51)60-52(41)43)55-57-53(38-25-22-34-21-20-33-10-3-4-12-40(33)45(34)30-38)56-54(58-55)39-26-23-35-27-28-49-50(46(35)31-39)42-13-5-6-17-47(42)59-49/h1-31H. The second-order valence-electron chi connectivity index (χ2n) is 15.5. The second kappa shape index (κ2) is 12.7. The van der Waals surface area contributed by atoms with E-state index >= 15 is 0 Å². The average Bonchev–Trinajstić information content (AvgIpc) is 3.90. The van der Waals surface area contributed by atoms with E-state index in [4.69, 9.17) is 23.8 Å². The molecule has 5 nitrogen and oxygen atoms in total. The number of fused-ring (bicyclic) bond motifs is 12. The highest BCUT2D eigenvalue weighted by molar-refractivity contribution is 6.19. The molecule has 0 aliphatic heterocycles. The van der Waals surface area contributed by atoms with Gasteiger partial charge in [-0.2, -0.15) is 0 Å². The molecule has 0 N–H and O–H groups in total. The molecule has 60 heavy (non-hydrogen) atoms. The van der Waals surface area contributed by atoms with E-state index in [0.29, 0.717) is 17.5 Å². The predicted molar refractivity (Wildman–Crippen MR) is 246 cm³/mol. The molecule has 13 rings (SSSR count). The molecule has 278 valence electrons. The largest absolute Gasteiger partial charge is 0.456 e. The van der Waals surface area contributed by atoms with Crippen LogP contribution < -0.4 is 0 Å². The second-order valence-corrected chi connectivity index (χ2v) is 15.5. The molecule has 0 aliphatic rings. The zero-order valence-electron chi connectivity index (χ0n) is 32.1. The van der Waals surface area contributed by atoms with Crippen molar-refractivity contribution in [2.45, 2.75) is 0 Å². The quantitative estimate of drug-likeness (QED) is 0.167. The zero-order chi connectivity index (χ0) is 39.3. The van der Waals surface area contributed by atoms with Crippen LogP contribution in [0.2, 0.25) is 0 Å². The Labute approximate surface area is 342 Å². The minimum Gasteiger partial charge on any atom is -0.456 e. The van der Waals surface area contributed by atoms with Gasteiger partial charge in [0, 0.05) is 43.8 Å². The van der Waals surface area contributed by atoms with Crippen molar-refractivity contribution in [2.75, 3.05) is 0 Å². The first-order valence-corrected chi connectivity index (χ1v) is 20.2. The molecule has 3 aromatic heterocycles. The Morgan fingerprint density at radius 2 is 0.833 bits per heavy atom. The molecule has 0 unspecified atom stereocenters. The molecule has 0 amide bonds. The Kier molecular flexibility index (Phi) is 6.95. The van der Waals surface area contributed by atoms with Crippen molar-refractivity contribution >= 4 is 87.0 Å². The van der Waals surface area contributed by atoms with Crippen molar-refractivity contribution in [1.82, 2.24) is 15.0 Å². The molecule has 13 aromatic rings. The number of nitrogens with zero attached hydrogens (tertiary/aromatic N) is 3. The van der Waals surface area contributed by atoms with Crippen molar-refractivity contribution in [3.63, 3.8) is 0 Å². The molecule has 0 fully saturated rings. The Morgan fingerprint density at radius 3 is 1.68 bits per heavy atom. The van der Waals surface area contributed by atoms with Gasteiger partial charge >= 0.3 is 0 Å². The molecule has 0 atom stereocenters. The molecule has 3 heterocycles. The summed E-state index contributed by atoms with van der Waals surface area (Å²) < 4.78 is 13.1. The van der Waals surface area contributed by atoms with Crippen molar-refractivity contribution in [1.29, 1.82) is 0 Å².